The molecule has 0 amide bonds. The molecule has 0 radical (unpaired) electrons. The zero-order valence-corrected chi connectivity index (χ0v) is 16.0. The molecule has 9 heteroatoms. The second kappa shape index (κ2) is 8.67. The van der Waals surface area contributed by atoms with E-state index in [4.69, 9.17) is 16.3 Å². The minimum Gasteiger partial charge on any atom is -0.467 e. The Hall–Kier alpha value is -2.84. The Balaban J connectivity index is 1.85. The van der Waals surface area contributed by atoms with Gasteiger partial charge >= 0.3 is 12.2 Å². The van der Waals surface area contributed by atoms with Crippen molar-refractivity contribution in [1.29, 1.82) is 0 Å². The Morgan fingerprint density at radius 3 is 2.45 bits per heavy atom. The van der Waals surface area contributed by atoms with E-state index in [0.29, 0.717) is 17.1 Å². The SMILES string of the molecule is COc1nc(NCC(O)c2ccccc2)cc(-c2ccc(C(F)(F)F)c(Cl)c2)n1. The van der Waals surface area contributed by atoms with Crippen LogP contribution < -0.4 is 10.1 Å². The summed E-state index contributed by atoms with van der Waals surface area (Å²) in [6.07, 6.45) is -5.32. The van der Waals surface area contributed by atoms with E-state index < -0.39 is 22.9 Å². The van der Waals surface area contributed by atoms with Crippen molar-refractivity contribution < 1.29 is 23.0 Å². The van der Waals surface area contributed by atoms with Crippen molar-refractivity contribution in [2.45, 2.75) is 12.3 Å². The lowest BCUT2D eigenvalue weighted by atomic mass is 10.1. The van der Waals surface area contributed by atoms with Gasteiger partial charge in [0.25, 0.3) is 0 Å². The third-order valence-electron chi connectivity index (χ3n) is 4.12. The number of alkyl halides is 3. The van der Waals surface area contributed by atoms with E-state index in [0.717, 1.165) is 11.6 Å². The molecule has 3 aromatic rings. The number of hydrogen-bond acceptors (Lipinski definition) is 5. The van der Waals surface area contributed by atoms with E-state index in [2.05, 4.69) is 15.3 Å². The molecule has 2 aromatic carbocycles. The summed E-state index contributed by atoms with van der Waals surface area (Å²) >= 11 is 5.80. The first-order valence-corrected chi connectivity index (χ1v) is 8.93. The second-order valence-corrected chi connectivity index (χ2v) is 6.53. The molecule has 0 aliphatic heterocycles. The fraction of sp³-hybridized carbons (Fsp3) is 0.200. The Labute approximate surface area is 170 Å². The van der Waals surface area contributed by atoms with E-state index in [1.54, 1.807) is 18.2 Å². The third-order valence-corrected chi connectivity index (χ3v) is 4.43. The summed E-state index contributed by atoms with van der Waals surface area (Å²) < 4.78 is 43.8. The summed E-state index contributed by atoms with van der Waals surface area (Å²) in [5, 5.41) is 12.8. The molecule has 0 aliphatic carbocycles. The van der Waals surface area contributed by atoms with E-state index in [-0.39, 0.29) is 12.6 Å². The van der Waals surface area contributed by atoms with Crippen molar-refractivity contribution in [2.24, 2.45) is 0 Å². The van der Waals surface area contributed by atoms with Crippen molar-refractivity contribution in [3.05, 3.63) is 70.7 Å². The first kappa shape index (κ1) is 20.9. The van der Waals surface area contributed by atoms with Gasteiger partial charge in [-0.05, 0) is 17.7 Å². The van der Waals surface area contributed by atoms with Crippen LogP contribution in [0.3, 0.4) is 0 Å². The quantitative estimate of drug-likeness (QED) is 0.586. The number of methoxy groups -OCH3 is 1. The van der Waals surface area contributed by atoms with Gasteiger partial charge in [0.15, 0.2) is 0 Å². The van der Waals surface area contributed by atoms with Crippen molar-refractivity contribution in [2.75, 3.05) is 19.0 Å². The molecular formula is C20H17ClF3N3O2. The Bertz CT molecular complexity index is 984. The van der Waals surface area contributed by atoms with Gasteiger partial charge in [0.2, 0.25) is 0 Å². The van der Waals surface area contributed by atoms with Gasteiger partial charge in [0.1, 0.15) is 5.82 Å². The number of hydrogen-bond donors (Lipinski definition) is 2. The zero-order valence-electron chi connectivity index (χ0n) is 15.2. The highest BCUT2D eigenvalue weighted by atomic mass is 35.5. The number of anilines is 1. The van der Waals surface area contributed by atoms with Crippen molar-refractivity contribution in [3.8, 4) is 17.3 Å². The van der Waals surface area contributed by atoms with Crippen LogP contribution >= 0.6 is 11.6 Å². The number of benzene rings is 2. The number of aliphatic hydroxyl groups is 1. The van der Waals surface area contributed by atoms with Crippen LogP contribution in [0.5, 0.6) is 6.01 Å². The lowest BCUT2D eigenvalue weighted by molar-refractivity contribution is -0.137. The molecular weight excluding hydrogens is 407 g/mol. The van der Waals surface area contributed by atoms with Crippen LogP contribution in [0.2, 0.25) is 5.02 Å². The number of halogens is 4. The van der Waals surface area contributed by atoms with Gasteiger partial charge in [-0.1, -0.05) is 48.0 Å². The highest BCUT2D eigenvalue weighted by Gasteiger charge is 2.33. The molecule has 1 atom stereocenters. The first-order chi connectivity index (χ1) is 13.8. The number of ether oxygens (including phenoxy) is 1. The largest absolute Gasteiger partial charge is 0.467 e. The Morgan fingerprint density at radius 1 is 1.10 bits per heavy atom. The van der Waals surface area contributed by atoms with Crippen LogP contribution in [0.4, 0.5) is 19.0 Å². The summed E-state index contributed by atoms with van der Waals surface area (Å²) in [6, 6.07) is 14.0. The van der Waals surface area contributed by atoms with Crippen LogP contribution in [-0.2, 0) is 6.18 Å². The van der Waals surface area contributed by atoms with Crippen molar-refractivity contribution >= 4 is 17.4 Å². The predicted octanol–water partition coefficient (Wildman–Crippen LogP) is 4.97. The number of nitrogens with zero attached hydrogens (tertiary/aromatic N) is 2. The molecule has 0 fully saturated rings. The minimum absolute atomic E-state index is 0.0234. The van der Waals surface area contributed by atoms with Crippen LogP contribution in [0.1, 0.15) is 17.2 Å². The highest BCUT2D eigenvalue weighted by Crippen LogP contribution is 2.37. The van der Waals surface area contributed by atoms with Gasteiger partial charge in [-0.2, -0.15) is 23.1 Å². The molecule has 0 bridgehead atoms. The normalized spacial score (nSPS) is 12.5. The summed E-state index contributed by atoms with van der Waals surface area (Å²) in [7, 11) is 1.38. The molecule has 0 saturated carbocycles. The molecule has 29 heavy (non-hydrogen) atoms. The second-order valence-electron chi connectivity index (χ2n) is 6.12. The smallest absolute Gasteiger partial charge is 0.417 e. The van der Waals surface area contributed by atoms with Gasteiger partial charge in [0, 0.05) is 18.2 Å². The van der Waals surface area contributed by atoms with Crippen LogP contribution in [0.15, 0.2) is 54.6 Å². The number of nitrogens with one attached hydrogen (secondary N) is 1. The summed E-state index contributed by atoms with van der Waals surface area (Å²) in [4.78, 5) is 8.32. The van der Waals surface area contributed by atoms with Crippen LogP contribution in [0.25, 0.3) is 11.3 Å². The molecule has 152 valence electrons. The molecule has 0 aliphatic rings. The first-order valence-electron chi connectivity index (χ1n) is 8.55. The molecule has 0 saturated heterocycles. The number of aliphatic hydroxyl groups excluding tert-OH is 1. The maximum atomic E-state index is 12.9. The van der Waals surface area contributed by atoms with Crippen molar-refractivity contribution in [1.82, 2.24) is 9.97 Å². The zero-order chi connectivity index (χ0) is 21.0. The van der Waals surface area contributed by atoms with Gasteiger partial charge in [-0.3, -0.25) is 0 Å². The monoisotopic (exact) mass is 423 g/mol. The number of rotatable bonds is 6. The molecule has 1 unspecified atom stereocenters. The highest BCUT2D eigenvalue weighted by molar-refractivity contribution is 6.31. The van der Waals surface area contributed by atoms with Crippen molar-refractivity contribution in [3.63, 3.8) is 0 Å². The molecule has 2 N–H and O–H groups in total. The lowest BCUT2D eigenvalue weighted by Crippen LogP contribution is -2.13. The number of aromatic nitrogens is 2. The topological polar surface area (TPSA) is 67.3 Å². The summed E-state index contributed by atoms with van der Waals surface area (Å²) in [6.45, 7) is 0.164. The molecule has 1 aromatic heterocycles. The molecule has 3 rings (SSSR count). The van der Waals surface area contributed by atoms with E-state index >= 15 is 0 Å². The van der Waals surface area contributed by atoms with Gasteiger partial charge in [-0.15, -0.1) is 0 Å². The maximum Gasteiger partial charge on any atom is 0.417 e. The fourth-order valence-electron chi connectivity index (χ4n) is 2.65. The third kappa shape index (κ3) is 5.16. The Kier molecular flexibility index (Phi) is 6.24. The van der Waals surface area contributed by atoms with Gasteiger partial charge in [0.05, 0.1) is 29.5 Å². The maximum absolute atomic E-state index is 12.9. The van der Waals surface area contributed by atoms with Gasteiger partial charge in [-0.25, -0.2) is 0 Å². The van der Waals surface area contributed by atoms with E-state index in [9.17, 15) is 18.3 Å². The lowest BCUT2D eigenvalue weighted by Gasteiger charge is -2.14. The minimum atomic E-state index is -4.54. The summed E-state index contributed by atoms with van der Waals surface area (Å²) in [5.41, 5.74) is 0.503. The standard InChI is InChI=1S/C20H17ClF3N3O2/c1-29-19-26-16(13-7-8-14(15(21)9-13)20(22,23)24)10-18(27-19)25-11-17(28)12-5-3-2-4-6-12/h2-10,17,28H,11H2,1H3,(H,25,26,27). The average Bonchev–Trinajstić information content (AvgIpc) is 2.71. The summed E-state index contributed by atoms with van der Waals surface area (Å²) in [5.74, 6) is 0.345. The molecule has 0 spiro atoms. The molecule has 1 heterocycles. The van der Waals surface area contributed by atoms with Gasteiger partial charge < -0.3 is 15.2 Å². The predicted molar refractivity (Wildman–Crippen MR) is 104 cm³/mol. The van der Waals surface area contributed by atoms with Crippen LogP contribution in [0, 0.1) is 0 Å². The van der Waals surface area contributed by atoms with E-state index in [1.807, 2.05) is 18.2 Å². The Morgan fingerprint density at radius 2 is 1.83 bits per heavy atom. The fourth-order valence-corrected chi connectivity index (χ4v) is 2.94. The van der Waals surface area contributed by atoms with Crippen LogP contribution in [-0.4, -0.2) is 28.7 Å². The van der Waals surface area contributed by atoms with E-state index in [1.165, 1.54) is 19.2 Å². The average molecular weight is 424 g/mol. The molecule has 5 nitrogen and oxygen atoms in total.